The highest BCUT2D eigenvalue weighted by atomic mass is 35.5. The summed E-state index contributed by atoms with van der Waals surface area (Å²) in [6, 6.07) is 16.3. The van der Waals surface area contributed by atoms with Crippen LogP contribution in [0.4, 0.5) is 0 Å². The summed E-state index contributed by atoms with van der Waals surface area (Å²) in [5.74, 6) is 1.24. The van der Waals surface area contributed by atoms with Gasteiger partial charge in [0.1, 0.15) is 23.8 Å². The predicted molar refractivity (Wildman–Crippen MR) is 165 cm³/mol. The molecule has 0 bridgehead atoms. The van der Waals surface area contributed by atoms with Crippen molar-refractivity contribution in [1.29, 1.82) is 0 Å². The van der Waals surface area contributed by atoms with E-state index in [-0.39, 0.29) is 46.9 Å². The summed E-state index contributed by atoms with van der Waals surface area (Å²) in [7, 11) is -3.67. The van der Waals surface area contributed by atoms with E-state index in [0.29, 0.717) is 6.01 Å². The molecule has 2 heterocycles. The maximum absolute atomic E-state index is 12.6. The summed E-state index contributed by atoms with van der Waals surface area (Å²) in [4.78, 5) is 4.50. The van der Waals surface area contributed by atoms with Gasteiger partial charge in [0.15, 0.2) is 9.84 Å². The first-order valence-electron chi connectivity index (χ1n) is 14.3. The van der Waals surface area contributed by atoms with Crippen molar-refractivity contribution in [3.05, 3.63) is 101 Å². The molecular formula is C34H42ClN3O3S. The molecule has 0 unspecified atom stereocenters. The highest BCUT2D eigenvalue weighted by molar-refractivity contribution is 7.94. The Morgan fingerprint density at radius 1 is 0.833 bits per heavy atom. The number of hydrogen-bond donors (Lipinski definition) is 0. The number of halogens is 1. The first-order chi connectivity index (χ1) is 19.4. The molecule has 0 atom stereocenters. The SMILES string of the molecule is C=CS(=O)(=O)c1ccnc(Oc2n(-c3c(C(C)C)cccc3C(C)C)cc[n+]2-c2c(C(C)C)cccc2C(C)C)c1.[Cl-]. The molecule has 0 spiro atoms. The maximum atomic E-state index is 12.6. The molecule has 0 N–H and O–H groups in total. The lowest BCUT2D eigenvalue weighted by Gasteiger charge is -2.19. The monoisotopic (exact) mass is 607 g/mol. The van der Waals surface area contributed by atoms with Crippen LogP contribution >= 0.6 is 0 Å². The fourth-order valence-corrected chi connectivity index (χ4v) is 5.92. The van der Waals surface area contributed by atoms with Gasteiger partial charge in [0.05, 0.1) is 4.90 Å². The molecule has 2 aromatic carbocycles. The van der Waals surface area contributed by atoms with Gasteiger partial charge >= 0.3 is 6.01 Å². The molecule has 0 aliphatic carbocycles. The van der Waals surface area contributed by atoms with Gasteiger partial charge in [0.2, 0.25) is 5.88 Å². The van der Waals surface area contributed by atoms with E-state index in [2.05, 4.69) is 112 Å². The minimum Gasteiger partial charge on any atom is -1.00 e. The number of aromatic nitrogens is 3. The Balaban J connectivity index is 0.00000484. The van der Waals surface area contributed by atoms with Gasteiger partial charge in [0.25, 0.3) is 0 Å². The zero-order chi connectivity index (χ0) is 30.1. The van der Waals surface area contributed by atoms with E-state index < -0.39 is 9.84 Å². The van der Waals surface area contributed by atoms with Crippen molar-refractivity contribution < 1.29 is 30.1 Å². The van der Waals surface area contributed by atoms with Crippen molar-refractivity contribution in [3.63, 3.8) is 0 Å². The molecule has 4 rings (SSSR count). The Kier molecular flexibility index (Phi) is 10.4. The summed E-state index contributed by atoms with van der Waals surface area (Å²) in [5, 5.41) is 0.941. The third-order valence-electron chi connectivity index (χ3n) is 7.39. The number of ether oxygens (including phenoxy) is 1. The molecule has 6 nitrogen and oxygen atoms in total. The number of sulfone groups is 1. The Labute approximate surface area is 257 Å². The first-order valence-corrected chi connectivity index (χ1v) is 15.8. The third-order valence-corrected chi connectivity index (χ3v) is 8.74. The molecule has 0 radical (unpaired) electrons. The van der Waals surface area contributed by atoms with Crippen LogP contribution in [0.5, 0.6) is 11.9 Å². The summed E-state index contributed by atoms with van der Waals surface area (Å²) in [5.41, 5.74) is 6.91. The van der Waals surface area contributed by atoms with Gasteiger partial charge < -0.3 is 17.1 Å². The third kappa shape index (κ3) is 6.47. The number of pyridine rings is 1. The second-order valence-corrected chi connectivity index (χ2v) is 13.5. The summed E-state index contributed by atoms with van der Waals surface area (Å²) < 4.78 is 36.0. The lowest BCUT2D eigenvalue weighted by Crippen LogP contribution is -3.00. The molecule has 0 saturated heterocycles. The number of nitrogens with zero attached hydrogens (tertiary/aromatic N) is 3. The first kappa shape index (κ1) is 33.1. The van der Waals surface area contributed by atoms with Crippen molar-refractivity contribution >= 4 is 9.84 Å². The van der Waals surface area contributed by atoms with Crippen molar-refractivity contribution in [2.75, 3.05) is 0 Å². The van der Waals surface area contributed by atoms with Gasteiger partial charge in [-0.2, -0.15) is 9.13 Å². The lowest BCUT2D eigenvalue weighted by molar-refractivity contribution is -0.602. The average molecular weight is 608 g/mol. The van der Waals surface area contributed by atoms with Crippen LogP contribution in [-0.2, 0) is 9.84 Å². The highest BCUT2D eigenvalue weighted by Crippen LogP contribution is 2.36. The van der Waals surface area contributed by atoms with Crippen molar-refractivity contribution in [2.24, 2.45) is 0 Å². The second kappa shape index (κ2) is 13.3. The molecule has 0 aliphatic heterocycles. The highest BCUT2D eigenvalue weighted by Gasteiger charge is 2.32. The van der Waals surface area contributed by atoms with Crippen LogP contribution < -0.4 is 21.7 Å². The van der Waals surface area contributed by atoms with Gasteiger partial charge in [-0.1, -0.05) is 98.4 Å². The number of benzene rings is 2. The molecule has 0 fully saturated rings. The quantitative estimate of drug-likeness (QED) is 0.228. The molecule has 224 valence electrons. The summed E-state index contributed by atoms with van der Waals surface area (Å²) in [6.07, 6.45) is 5.52. The zero-order valence-electron chi connectivity index (χ0n) is 25.8. The van der Waals surface area contributed by atoms with E-state index in [1.165, 1.54) is 40.6 Å². The summed E-state index contributed by atoms with van der Waals surface area (Å²) >= 11 is 0. The Bertz CT molecular complexity index is 1540. The second-order valence-electron chi connectivity index (χ2n) is 11.7. The largest absolute Gasteiger partial charge is 1.00 e. The van der Waals surface area contributed by atoms with Crippen LogP contribution in [0, 0.1) is 0 Å². The zero-order valence-corrected chi connectivity index (χ0v) is 27.4. The van der Waals surface area contributed by atoms with Crippen LogP contribution in [-0.4, -0.2) is 18.0 Å². The van der Waals surface area contributed by atoms with Gasteiger partial charge in [-0.25, -0.2) is 13.4 Å². The van der Waals surface area contributed by atoms with E-state index >= 15 is 0 Å². The topological polar surface area (TPSA) is 65.1 Å². The lowest BCUT2D eigenvalue weighted by atomic mass is 9.92. The van der Waals surface area contributed by atoms with Crippen LogP contribution in [0.1, 0.15) is 101 Å². The van der Waals surface area contributed by atoms with Crippen LogP contribution in [0.3, 0.4) is 0 Å². The van der Waals surface area contributed by atoms with E-state index in [0.717, 1.165) is 16.8 Å². The Morgan fingerprint density at radius 3 is 1.81 bits per heavy atom. The average Bonchev–Trinajstić information content (AvgIpc) is 3.34. The summed E-state index contributed by atoms with van der Waals surface area (Å²) in [6.45, 7) is 21.0. The van der Waals surface area contributed by atoms with E-state index in [1.54, 1.807) is 0 Å². The number of rotatable bonds is 10. The number of imidazole rings is 1. The Hall–Kier alpha value is -3.42. The van der Waals surface area contributed by atoms with Gasteiger partial charge in [0, 0.05) is 39.9 Å². The van der Waals surface area contributed by atoms with E-state index in [1.807, 2.05) is 12.4 Å². The minimum absolute atomic E-state index is 0. The molecule has 0 aliphatic rings. The number of hydrogen-bond acceptors (Lipinski definition) is 4. The molecule has 4 aromatic rings. The van der Waals surface area contributed by atoms with Gasteiger partial charge in [-0.15, -0.1) is 0 Å². The van der Waals surface area contributed by atoms with E-state index in [4.69, 9.17) is 4.74 Å². The fourth-order valence-electron chi connectivity index (χ4n) is 5.21. The van der Waals surface area contributed by atoms with Crippen LogP contribution in [0.2, 0.25) is 0 Å². The standard InChI is InChI=1S/C34H42N3O3S.ClH/c1-10-41(38,39)26-17-18-35-31(21-26)40-34-36(32-27(22(2)3)13-11-14-28(32)23(4)5)19-20-37(34)33-29(24(6)7)15-12-16-30(33)25(8)9;/h10-25H,1H2,2-9H3;1H/q+1;/p-1. The smallest absolute Gasteiger partial charge is 0.473 e. The molecule has 42 heavy (non-hydrogen) atoms. The van der Waals surface area contributed by atoms with Gasteiger partial charge in [-0.3, -0.25) is 0 Å². The van der Waals surface area contributed by atoms with E-state index in [9.17, 15) is 8.42 Å². The van der Waals surface area contributed by atoms with Crippen molar-refractivity contribution in [1.82, 2.24) is 9.55 Å². The van der Waals surface area contributed by atoms with Gasteiger partial charge in [-0.05, 0) is 29.7 Å². The fraction of sp³-hybridized carbons (Fsp3) is 0.353. The molecule has 8 heteroatoms. The Morgan fingerprint density at radius 2 is 1.33 bits per heavy atom. The maximum Gasteiger partial charge on any atom is 0.473 e. The molecule has 0 saturated carbocycles. The normalized spacial score (nSPS) is 11.8. The van der Waals surface area contributed by atoms with Crippen LogP contribution in [0.25, 0.3) is 11.4 Å². The molecule has 2 aromatic heterocycles. The van der Waals surface area contributed by atoms with Crippen molar-refractivity contribution in [3.8, 4) is 23.3 Å². The number of para-hydroxylation sites is 2. The molecular weight excluding hydrogens is 566 g/mol. The molecule has 0 amide bonds. The predicted octanol–water partition coefficient (Wildman–Crippen LogP) is 5.36. The van der Waals surface area contributed by atoms with Crippen LogP contribution in [0.15, 0.2) is 84.0 Å². The van der Waals surface area contributed by atoms with Crippen molar-refractivity contribution in [2.45, 2.75) is 84.0 Å². The minimum atomic E-state index is -3.67.